The number of ketones is 1. The lowest BCUT2D eigenvalue weighted by Crippen LogP contribution is -2.32. The predicted octanol–water partition coefficient (Wildman–Crippen LogP) is 11.6. The number of carbonyl (C=O) groups excluding carboxylic acids is 1. The van der Waals surface area contributed by atoms with E-state index in [0.717, 1.165) is 44.8 Å². The Bertz CT molecular complexity index is 2340. The van der Waals surface area contributed by atoms with Gasteiger partial charge in [-0.05, 0) is 86.0 Å². The number of nitrogens with zero attached hydrogens (tertiary/aromatic N) is 1. The molecule has 0 saturated carbocycles. The van der Waals surface area contributed by atoms with Crippen molar-refractivity contribution in [3.8, 4) is 22.3 Å². The van der Waals surface area contributed by atoms with Gasteiger partial charge in [0.05, 0.1) is 11.4 Å². The SMILES string of the molecule is CC1(C)c2ccc(-c3ccccc3)cc2C(=O)c2cc(N3c4ccccc4C(C)(C)c4cc5c(cc43)-c3ccccc3C5(C)C)ccc21. The minimum Gasteiger partial charge on any atom is -0.310 e. The van der Waals surface area contributed by atoms with Gasteiger partial charge in [-0.25, -0.2) is 0 Å². The van der Waals surface area contributed by atoms with Gasteiger partial charge in [-0.3, -0.25) is 4.79 Å². The highest BCUT2D eigenvalue weighted by Gasteiger charge is 2.43. The van der Waals surface area contributed by atoms with Crippen molar-refractivity contribution in [1.29, 1.82) is 0 Å². The Kier molecular flexibility index (Phi) is 5.84. The molecule has 6 aromatic rings. The van der Waals surface area contributed by atoms with Crippen LogP contribution >= 0.6 is 0 Å². The van der Waals surface area contributed by atoms with Crippen LogP contribution in [0, 0.1) is 0 Å². The fraction of sp³-hybridized carbons (Fsp3) is 0.196. The second kappa shape index (κ2) is 9.67. The molecule has 0 fully saturated rings. The van der Waals surface area contributed by atoms with Crippen molar-refractivity contribution >= 4 is 22.8 Å². The maximum absolute atomic E-state index is 14.6. The minimum atomic E-state index is -0.317. The number of fused-ring (bicyclic) bond motifs is 7. The molecule has 0 atom stereocenters. The first-order valence-corrected chi connectivity index (χ1v) is 17.1. The Morgan fingerprint density at radius 3 is 1.75 bits per heavy atom. The number of hydrogen-bond donors (Lipinski definition) is 0. The van der Waals surface area contributed by atoms with Gasteiger partial charge in [0.1, 0.15) is 0 Å². The van der Waals surface area contributed by atoms with Gasteiger partial charge in [0.25, 0.3) is 0 Å². The summed E-state index contributed by atoms with van der Waals surface area (Å²) in [5.41, 5.74) is 16.6. The maximum atomic E-state index is 14.6. The molecule has 3 aliphatic rings. The Balaban J connectivity index is 1.26. The molecule has 0 saturated heterocycles. The molecule has 0 radical (unpaired) electrons. The lowest BCUT2D eigenvalue weighted by molar-refractivity contribution is 0.103. The van der Waals surface area contributed by atoms with Crippen molar-refractivity contribution in [2.45, 2.75) is 57.8 Å². The largest absolute Gasteiger partial charge is 0.310 e. The monoisotopic (exact) mass is 621 g/mol. The smallest absolute Gasteiger partial charge is 0.193 e. The van der Waals surface area contributed by atoms with E-state index in [0.29, 0.717) is 0 Å². The van der Waals surface area contributed by atoms with Gasteiger partial charge in [0, 0.05) is 33.1 Å². The average molecular weight is 622 g/mol. The summed E-state index contributed by atoms with van der Waals surface area (Å²) in [6, 6.07) is 45.9. The van der Waals surface area contributed by atoms with Crippen molar-refractivity contribution in [3.05, 3.63) is 172 Å². The Labute approximate surface area is 283 Å². The number of para-hydroxylation sites is 1. The lowest BCUT2D eigenvalue weighted by atomic mass is 9.68. The quantitative estimate of drug-likeness (QED) is 0.192. The van der Waals surface area contributed by atoms with Crippen LogP contribution in [-0.2, 0) is 16.2 Å². The van der Waals surface area contributed by atoms with E-state index in [4.69, 9.17) is 0 Å². The second-order valence-electron chi connectivity index (χ2n) is 15.4. The van der Waals surface area contributed by atoms with Gasteiger partial charge in [-0.15, -0.1) is 0 Å². The van der Waals surface area contributed by atoms with Crippen LogP contribution in [0.15, 0.2) is 127 Å². The third-order valence-corrected chi connectivity index (χ3v) is 11.7. The molecule has 0 unspecified atom stereocenters. The summed E-state index contributed by atoms with van der Waals surface area (Å²) in [6.07, 6.45) is 0. The maximum Gasteiger partial charge on any atom is 0.193 e. The Morgan fingerprint density at radius 2 is 0.979 bits per heavy atom. The van der Waals surface area contributed by atoms with Crippen LogP contribution in [0.3, 0.4) is 0 Å². The molecule has 2 nitrogen and oxygen atoms in total. The molecule has 6 aromatic carbocycles. The van der Waals surface area contributed by atoms with Gasteiger partial charge in [0.15, 0.2) is 5.78 Å². The fourth-order valence-corrected chi connectivity index (χ4v) is 8.95. The minimum absolute atomic E-state index is 0.0886. The zero-order valence-corrected chi connectivity index (χ0v) is 28.5. The third kappa shape index (κ3) is 3.78. The molecule has 0 bridgehead atoms. The summed E-state index contributed by atoms with van der Waals surface area (Å²) in [4.78, 5) is 17.0. The zero-order valence-electron chi connectivity index (χ0n) is 28.5. The zero-order chi connectivity index (χ0) is 33.2. The Hall–Kier alpha value is -5.21. The van der Waals surface area contributed by atoms with E-state index in [2.05, 4.69) is 156 Å². The van der Waals surface area contributed by atoms with E-state index >= 15 is 0 Å². The summed E-state index contributed by atoms with van der Waals surface area (Å²) < 4.78 is 0. The fourth-order valence-electron chi connectivity index (χ4n) is 8.95. The molecule has 234 valence electrons. The van der Waals surface area contributed by atoms with Crippen molar-refractivity contribution in [3.63, 3.8) is 0 Å². The van der Waals surface area contributed by atoms with E-state index in [-0.39, 0.29) is 22.0 Å². The highest BCUT2D eigenvalue weighted by molar-refractivity contribution is 6.14. The van der Waals surface area contributed by atoms with Crippen LogP contribution < -0.4 is 4.90 Å². The predicted molar refractivity (Wildman–Crippen MR) is 198 cm³/mol. The van der Waals surface area contributed by atoms with E-state index in [1.807, 2.05) is 18.2 Å². The van der Waals surface area contributed by atoms with Crippen LogP contribution in [-0.4, -0.2) is 5.78 Å². The van der Waals surface area contributed by atoms with E-state index in [9.17, 15) is 4.79 Å². The number of carbonyl (C=O) groups is 1. The number of hydrogen-bond acceptors (Lipinski definition) is 2. The number of rotatable bonds is 2. The van der Waals surface area contributed by atoms with Crippen LogP contribution in [0.2, 0.25) is 0 Å². The highest BCUT2D eigenvalue weighted by Crippen LogP contribution is 2.57. The standard InChI is InChI=1S/C46H39NO/c1-44(2)36-22-20-29(28-14-8-7-9-15-28)24-33(36)43(48)34-25-30(21-23-37(34)44)47-41-19-13-12-18-38(41)46(5,6)40-27-39-32(26-42(40)47)31-16-10-11-17-35(31)45(39,3)4/h7-27H,1-6H3. The van der Waals surface area contributed by atoms with Gasteiger partial charge in [-0.1, -0.05) is 139 Å². The summed E-state index contributed by atoms with van der Waals surface area (Å²) in [5.74, 6) is 0.0921. The lowest BCUT2D eigenvalue weighted by Gasteiger charge is -2.43. The van der Waals surface area contributed by atoms with Crippen LogP contribution in [0.25, 0.3) is 22.3 Å². The van der Waals surface area contributed by atoms with Crippen LogP contribution in [0.5, 0.6) is 0 Å². The molecule has 0 N–H and O–H groups in total. The molecule has 0 amide bonds. The molecule has 2 aliphatic carbocycles. The number of anilines is 3. The number of benzene rings is 6. The van der Waals surface area contributed by atoms with Gasteiger partial charge in [-0.2, -0.15) is 0 Å². The van der Waals surface area contributed by atoms with Crippen molar-refractivity contribution < 1.29 is 4.79 Å². The van der Waals surface area contributed by atoms with Crippen molar-refractivity contribution in [2.24, 2.45) is 0 Å². The highest BCUT2D eigenvalue weighted by atomic mass is 16.1. The first-order chi connectivity index (χ1) is 23.0. The Morgan fingerprint density at radius 1 is 0.396 bits per heavy atom. The molecule has 0 aromatic heterocycles. The topological polar surface area (TPSA) is 20.3 Å². The van der Waals surface area contributed by atoms with E-state index < -0.39 is 0 Å². The molecule has 9 rings (SSSR count). The molecule has 1 heterocycles. The summed E-state index contributed by atoms with van der Waals surface area (Å²) in [7, 11) is 0. The van der Waals surface area contributed by atoms with Crippen LogP contribution in [0.1, 0.15) is 90.8 Å². The van der Waals surface area contributed by atoms with Crippen LogP contribution in [0.4, 0.5) is 17.1 Å². The first kappa shape index (κ1) is 29.0. The van der Waals surface area contributed by atoms with Gasteiger partial charge < -0.3 is 4.90 Å². The normalized spacial score (nSPS) is 17.0. The second-order valence-corrected chi connectivity index (χ2v) is 15.4. The summed E-state index contributed by atoms with van der Waals surface area (Å²) >= 11 is 0. The molecule has 0 spiro atoms. The average Bonchev–Trinajstić information content (AvgIpc) is 3.32. The van der Waals surface area contributed by atoms with Crippen molar-refractivity contribution in [2.75, 3.05) is 4.90 Å². The molecular formula is C46H39NO. The molecular weight excluding hydrogens is 583 g/mol. The molecule has 48 heavy (non-hydrogen) atoms. The molecule has 2 heteroatoms. The molecule has 1 aliphatic heterocycles. The first-order valence-electron chi connectivity index (χ1n) is 17.1. The summed E-state index contributed by atoms with van der Waals surface area (Å²) in [6.45, 7) is 13.9. The van der Waals surface area contributed by atoms with E-state index in [1.165, 1.54) is 39.1 Å². The summed E-state index contributed by atoms with van der Waals surface area (Å²) in [5, 5.41) is 0. The third-order valence-electron chi connectivity index (χ3n) is 11.7. The van der Waals surface area contributed by atoms with Gasteiger partial charge >= 0.3 is 0 Å². The van der Waals surface area contributed by atoms with E-state index in [1.54, 1.807) is 0 Å². The van der Waals surface area contributed by atoms with Gasteiger partial charge in [0.2, 0.25) is 0 Å². The van der Waals surface area contributed by atoms with Crippen molar-refractivity contribution in [1.82, 2.24) is 0 Å².